The molecule has 0 aromatic heterocycles. The van der Waals surface area contributed by atoms with E-state index < -0.39 is 23.3 Å². The average Bonchev–Trinajstić information content (AvgIpc) is 2.84. The van der Waals surface area contributed by atoms with Crippen molar-refractivity contribution in [3.63, 3.8) is 0 Å². The molecule has 1 rings (SSSR count). The Balaban J connectivity index is 2.54. The fourth-order valence-electron chi connectivity index (χ4n) is 0.946. The highest BCUT2D eigenvalue weighted by molar-refractivity contribution is 6.35. The van der Waals surface area contributed by atoms with Crippen LogP contribution < -0.4 is 16.4 Å². The number of primary amides is 1. The monoisotopic (exact) mass is 185 g/mol. The SMILES string of the molecule is CNC(=O)C(=O)NC1(C(N)=O)CC1. The molecule has 0 aromatic carbocycles. The van der Waals surface area contributed by atoms with E-state index >= 15 is 0 Å². The number of nitrogens with one attached hydrogen (secondary N) is 2. The van der Waals surface area contributed by atoms with E-state index in [4.69, 9.17) is 5.73 Å². The van der Waals surface area contributed by atoms with Crippen LogP contribution in [0.4, 0.5) is 0 Å². The summed E-state index contributed by atoms with van der Waals surface area (Å²) >= 11 is 0. The zero-order valence-electron chi connectivity index (χ0n) is 7.22. The quantitative estimate of drug-likeness (QED) is 0.428. The predicted octanol–water partition coefficient (Wildman–Crippen LogP) is -2.13. The average molecular weight is 185 g/mol. The van der Waals surface area contributed by atoms with E-state index in [-0.39, 0.29) is 0 Å². The predicted molar refractivity (Wildman–Crippen MR) is 43.4 cm³/mol. The summed E-state index contributed by atoms with van der Waals surface area (Å²) in [5.41, 5.74) is 4.07. The Bertz CT molecular complexity index is 270. The lowest BCUT2D eigenvalue weighted by Crippen LogP contribution is -2.51. The minimum absolute atomic E-state index is 0.505. The van der Waals surface area contributed by atoms with Crippen LogP contribution >= 0.6 is 0 Å². The first-order chi connectivity index (χ1) is 6.02. The molecule has 4 N–H and O–H groups in total. The Morgan fingerprint density at radius 1 is 1.23 bits per heavy atom. The van der Waals surface area contributed by atoms with Crippen molar-refractivity contribution < 1.29 is 14.4 Å². The molecule has 0 heterocycles. The van der Waals surface area contributed by atoms with Crippen LogP contribution in [-0.4, -0.2) is 30.3 Å². The van der Waals surface area contributed by atoms with Gasteiger partial charge in [-0.2, -0.15) is 0 Å². The normalized spacial score (nSPS) is 17.3. The van der Waals surface area contributed by atoms with E-state index in [1.807, 2.05) is 0 Å². The standard InChI is InChI=1S/C7H11N3O3/c1-9-4(11)5(12)10-7(2-3-7)6(8)13/h2-3H2,1H3,(H2,8,13)(H,9,11)(H,10,12). The highest BCUT2D eigenvalue weighted by Gasteiger charge is 2.50. The first kappa shape index (κ1) is 9.50. The first-order valence-electron chi connectivity index (χ1n) is 3.86. The summed E-state index contributed by atoms with van der Waals surface area (Å²) < 4.78 is 0. The lowest BCUT2D eigenvalue weighted by atomic mass is 10.2. The van der Waals surface area contributed by atoms with Crippen molar-refractivity contribution in [2.45, 2.75) is 18.4 Å². The lowest BCUT2D eigenvalue weighted by molar-refractivity contribution is -0.140. The van der Waals surface area contributed by atoms with Crippen molar-refractivity contribution in [3.8, 4) is 0 Å². The van der Waals surface area contributed by atoms with Gasteiger partial charge in [-0.3, -0.25) is 14.4 Å². The Morgan fingerprint density at radius 2 is 1.77 bits per heavy atom. The Labute approximate surface area is 74.8 Å². The second kappa shape index (κ2) is 3.04. The molecular weight excluding hydrogens is 174 g/mol. The maximum Gasteiger partial charge on any atom is 0.310 e. The molecule has 0 saturated heterocycles. The minimum Gasteiger partial charge on any atom is -0.368 e. The Hall–Kier alpha value is -1.59. The number of hydrogen-bond donors (Lipinski definition) is 3. The summed E-state index contributed by atoms with van der Waals surface area (Å²) in [6, 6.07) is 0. The Kier molecular flexibility index (Phi) is 2.22. The summed E-state index contributed by atoms with van der Waals surface area (Å²) in [6.45, 7) is 0. The van der Waals surface area contributed by atoms with Gasteiger partial charge in [0.1, 0.15) is 5.54 Å². The number of hydrogen-bond acceptors (Lipinski definition) is 3. The van der Waals surface area contributed by atoms with E-state index in [9.17, 15) is 14.4 Å². The molecule has 1 saturated carbocycles. The van der Waals surface area contributed by atoms with Crippen LogP contribution in [0.2, 0.25) is 0 Å². The largest absolute Gasteiger partial charge is 0.368 e. The molecule has 6 nitrogen and oxygen atoms in total. The van der Waals surface area contributed by atoms with Crippen molar-refractivity contribution in [2.24, 2.45) is 5.73 Å². The van der Waals surface area contributed by atoms with Gasteiger partial charge in [-0.15, -0.1) is 0 Å². The molecule has 1 fully saturated rings. The van der Waals surface area contributed by atoms with Crippen LogP contribution in [0.25, 0.3) is 0 Å². The fourth-order valence-corrected chi connectivity index (χ4v) is 0.946. The third kappa shape index (κ3) is 1.77. The topological polar surface area (TPSA) is 101 Å². The zero-order chi connectivity index (χ0) is 10.1. The summed E-state index contributed by atoms with van der Waals surface area (Å²) in [5, 5.41) is 4.44. The number of rotatable bonds is 2. The van der Waals surface area contributed by atoms with Crippen LogP contribution in [0, 0.1) is 0 Å². The molecular formula is C7H11N3O3. The third-order valence-corrected chi connectivity index (χ3v) is 2.01. The van der Waals surface area contributed by atoms with E-state index in [2.05, 4.69) is 10.6 Å². The van der Waals surface area contributed by atoms with Crippen molar-refractivity contribution in [2.75, 3.05) is 7.05 Å². The van der Waals surface area contributed by atoms with Gasteiger partial charge in [0.05, 0.1) is 0 Å². The molecule has 6 heteroatoms. The smallest absolute Gasteiger partial charge is 0.310 e. The van der Waals surface area contributed by atoms with Gasteiger partial charge in [0, 0.05) is 7.05 Å². The van der Waals surface area contributed by atoms with Gasteiger partial charge in [-0.1, -0.05) is 0 Å². The maximum absolute atomic E-state index is 11.0. The van der Waals surface area contributed by atoms with E-state index in [1.165, 1.54) is 7.05 Å². The number of carbonyl (C=O) groups excluding carboxylic acids is 3. The van der Waals surface area contributed by atoms with E-state index in [1.54, 1.807) is 0 Å². The molecule has 0 bridgehead atoms. The van der Waals surface area contributed by atoms with Crippen molar-refractivity contribution in [3.05, 3.63) is 0 Å². The van der Waals surface area contributed by atoms with Gasteiger partial charge < -0.3 is 16.4 Å². The van der Waals surface area contributed by atoms with E-state index in [0.717, 1.165) is 0 Å². The minimum atomic E-state index is -0.969. The Morgan fingerprint density at radius 3 is 2.08 bits per heavy atom. The molecule has 0 aliphatic heterocycles. The number of carbonyl (C=O) groups is 3. The molecule has 1 aliphatic rings. The highest BCUT2D eigenvalue weighted by Crippen LogP contribution is 2.34. The van der Waals surface area contributed by atoms with Crippen LogP contribution in [0.5, 0.6) is 0 Å². The van der Waals surface area contributed by atoms with Crippen LogP contribution in [0.3, 0.4) is 0 Å². The zero-order valence-corrected chi connectivity index (χ0v) is 7.22. The van der Waals surface area contributed by atoms with Crippen LogP contribution in [0.1, 0.15) is 12.8 Å². The van der Waals surface area contributed by atoms with E-state index in [0.29, 0.717) is 12.8 Å². The molecule has 3 amide bonds. The van der Waals surface area contributed by atoms with Gasteiger partial charge in [0.25, 0.3) is 0 Å². The molecule has 0 unspecified atom stereocenters. The summed E-state index contributed by atoms with van der Waals surface area (Å²) in [5.74, 6) is -2.18. The van der Waals surface area contributed by atoms with Crippen molar-refractivity contribution >= 4 is 17.7 Å². The summed E-state index contributed by atoms with van der Waals surface area (Å²) in [4.78, 5) is 32.6. The van der Waals surface area contributed by atoms with Gasteiger partial charge in [-0.25, -0.2) is 0 Å². The first-order valence-corrected chi connectivity index (χ1v) is 3.86. The molecule has 13 heavy (non-hydrogen) atoms. The summed E-state index contributed by atoms with van der Waals surface area (Å²) in [6.07, 6.45) is 1.01. The van der Waals surface area contributed by atoms with Crippen molar-refractivity contribution in [1.82, 2.24) is 10.6 Å². The van der Waals surface area contributed by atoms with Gasteiger partial charge >= 0.3 is 11.8 Å². The molecule has 0 aromatic rings. The molecule has 0 radical (unpaired) electrons. The van der Waals surface area contributed by atoms with Crippen LogP contribution in [0.15, 0.2) is 0 Å². The van der Waals surface area contributed by atoms with Gasteiger partial charge in [0.2, 0.25) is 5.91 Å². The third-order valence-electron chi connectivity index (χ3n) is 2.01. The number of nitrogens with two attached hydrogens (primary N) is 1. The second-order valence-electron chi connectivity index (χ2n) is 2.98. The fraction of sp³-hybridized carbons (Fsp3) is 0.571. The lowest BCUT2D eigenvalue weighted by Gasteiger charge is -2.11. The highest BCUT2D eigenvalue weighted by atomic mass is 16.2. The van der Waals surface area contributed by atoms with Crippen molar-refractivity contribution in [1.29, 1.82) is 0 Å². The molecule has 72 valence electrons. The molecule has 0 spiro atoms. The van der Waals surface area contributed by atoms with Crippen LogP contribution in [-0.2, 0) is 14.4 Å². The van der Waals surface area contributed by atoms with Gasteiger partial charge in [0.15, 0.2) is 0 Å². The summed E-state index contributed by atoms with van der Waals surface area (Å²) in [7, 11) is 1.34. The number of amides is 3. The number of likely N-dealkylation sites (N-methyl/N-ethyl adjacent to an activating group) is 1. The second-order valence-corrected chi connectivity index (χ2v) is 2.98. The molecule has 1 aliphatic carbocycles. The van der Waals surface area contributed by atoms with Gasteiger partial charge in [-0.05, 0) is 12.8 Å². The maximum atomic E-state index is 11.0. The molecule has 0 atom stereocenters.